The van der Waals surface area contributed by atoms with Crippen molar-refractivity contribution in [3.63, 3.8) is 0 Å². The summed E-state index contributed by atoms with van der Waals surface area (Å²) in [6.07, 6.45) is 5.66. The SMILES string of the molecule is CC(CCCO)NC(C)CC1CCOCC1. The van der Waals surface area contributed by atoms with Gasteiger partial charge in [0, 0.05) is 31.9 Å². The topological polar surface area (TPSA) is 41.5 Å². The third-order valence-corrected chi connectivity index (χ3v) is 3.39. The largest absolute Gasteiger partial charge is 0.396 e. The average Bonchev–Trinajstić information content (AvgIpc) is 2.27. The van der Waals surface area contributed by atoms with Crippen molar-refractivity contribution in [1.29, 1.82) is 0 Å². The van der Waals surface area contributed by atoms with Crippen molar-refractivity contribution in [2.75, 3.05) is 19.8 Å². The van der Waals surface area contributed by atoms with Crippen molar-refractivity contribution >= 4 is 0 Å². The molecule has 1 fully saturated rings. The Morgan fingerprint density at radius 3 is 2.56 bits per heavy atom. The first kappa shape index (κ1) is 13.9. The molecule has 16 heavy (non-hydrogen) atoms. The van der Waals surface area contributed by atoms with Gasteiger partial charge < -0.3 is 15.2 Å². The number of aliphatic hydroxyl groups is 1. The highest BCUT2D eigenvalue weighted by molar-refractivity contribution is 4.73. The molecule has 0 bridgehead atoms. The zero-order valence-electron chi connectivity index (χ0n) is 10.7. The third-order valence-electron chi connectivity index (χ3n) is 3.39. The quantitative estimate of drug-likeness (QED) is 0.701. The summed E-state index contributed by atoms with van der Waals surface area (Å²) in [5.74, 6) is 0.835. The standard InChI is InChI=1S/C13H27NO2/c1-11(4-3-7-15)14-12(2)10-13-5-8-16-9-6-13/h11-15H,3-10H2,1-2H3. The molecule has 2 unspecified atom stereocenters. The summed E-state index contributed by atoms with van der Waals surface area (Å²) in [6.45, 7) is 6.66. The van der Waals surface area contributed by atoms with Gasteiger partial charge >= 0.3 is 0 Å². The monoisotopic (exact) mass is 229 g/mol. The summed E-state index contributed by atoms with van der Waals surface area (Å²) < 4.78 is 5.37. The smallest absolute Gasteiger partial charge is 0.0468 e. The average molecular weight is 229 g/mol. The highest BCUT2D eigenvalue weighted by Crippen LogP contribution is 2.20. The van der Waals surface area contributed by atoms with Gasteiger partial charge in [-0.05, 0) is 51.9 Å². The molecule has 3 nitrogen and oxygen atoms in total. The van der Waals surface area contributed by atoms with Crippen molar-refractivity contribution in [2.45, 2.75) is 58.0 Å². The Morgan fingerprint density at radius 1 is 1.25 bits per heavy atom. The van der Waals surface area contributed by atoms with E-state index in [1.807, 2.05) is 0 Å². The van der Waals surface area contributed by atoms with Crippen molar-refractivity contribution in [3.8, 4) is 0 Å². The molecule has 0 spiro atoms. The molecule has 0 aromatic heterocycles. The minimum atomic E-state index is 0.306. The maximum absolute atomic E-state index is 8.77. The van der Waals surface area contributed by atoms with Crippen LogP contribution in [0.15, 0.2) is 0 Å². The van der Waals surface area contributed by atoms with Crippen LogP contribution in [0, 0.1) is 5.92 Å². The van der Waals surface area contributed by atoms with E-state index >= 15 is 0 Å². The highest BCUT2D eigenvalue weighted by atomic mass is 16.5. The van der Waals surface area contributed by atoms with Gasteiger partial charge in [-0.1, -0.05) is 0 Å². The van der Waals surface area contributed by atoms with Crippen LogP contribution in [0.5, 0.6) is 0 Å². The van der Waals surface area contributed by atoms with E-state index in [9.17, 15) is 0 Å². The Bertz CT molecular complexity index is 169. The summed E-state index contributed by atoms with van der Waals surface area (Å²) in [6, 6.07) is 1.10. The molecule has 0 radical (unpaired) electrons. The lowest BCUT2D eigenvalue weighted by Gasteiger charge is -2.27. The second-order valence-electron chi connectivity index (χ2n) is 5.13. The lowest BCUT2D eigenvalue weighted by molar-refractivity contribution is 0.0607. The van der Waals surface area contributed by atoms with E-state index in [-0.39, 0.29) is 0 Å². The van der Waals surface area contributed by atoms with Crippen molar-refractivity contribution in [1.82, 2.24) is 5.32 Å². The molecule has 0 aromatic rings. The van der Waals surface area contributed by atoms with E-state index in [0.717, 1.165) is 32.0 Å². The van der Waals surface area contributed by atoms with Crippen molar-refractivity contribution < 1.29 is 9.84 Å². The zero-order valence-corrected chi connectivity index (χ0v) is 10.7. The lowest BCUT2D eigenvalue weighted by Crippen LogP contribution is -2.36. The number of hydrogen-bond donors (Lipinski definition) is 2. The van der Waals surface area contributed by atoms with E-state index < -0.39 is 0 Å². The summed E-state index contributed by atoms with van der Waals surface area (Å²) in [5.41, 5.74) is 0. The summed E-state index contributed by atoms with van der Waals surface area (Å²) in [5, 5.41) is 12.4. The number of hydrogen-bond acceptors (Lipinski definition) is 3. The fourth-order valence-corrected chi connectivity index (χ4v) is 2.52. The van der Waals surface area contributed by atoms with Crippen LogP contribution in [0.25, 0.3) is 0 Å². The van der Waals surface area contributed by atoms with Gasteiger partial charge in [0.15, 0.2) is 0 Å². The molecule has 1 saturated heterocycles. The molecule has 2 atom stereocenters. The van der Waals surface area contributed by atoms with E-state index in [2.05, 4.69) is 19.2 Å². The first-order valence-corrected chi connectivity index (χ1v) is 6.67. The first-order valence-electron chi connectivity index (χ1n) is 6.67. The minimum absolute atomic E-state index is 0.306. The van der Waals surface area contributed by atoms with Crippen molar-refractivity contribution in [3.05, 3.63) is 0 Å². The number of rotatable bonds is 7. The molecule has 0 amide bonds. The number of nitrogens with one attached hydrogen (secondary N) is 1. The molecule has 1 heterocycles. The maximum atomic E-state index is 8.77. The van der Waals surface area contributed by atoms with Crippen LogP contribution in [-0.4, -0.2) is 37.0 Å². The fraction of sp³-hybridized carbons (Fsp3) is 1.00. The summed E-state index contributed by atoms with van der Waals surface area (Å²) >= 11 is 0. The molecule has 0 saturated carbocycles. The maximum Gasteiger partial charge on any atom is 0.0468 e. The first-order chi connectivity index (χ1) is 7.72. The van der Waals surface area contributed by atoms with E-state index in [4.69, 9.17) is 9.84 Å². The van der Waals surface area contributed by atoms with Crippen LogP contribution in [0.3, 0.4) is 0 Å². The molecular formula is C13H27NO2. The van der Waals surface area contributed by atoms with Gasteiger partial charge in [0.1, 0.15) is 0 Å². The predicted molar refractivity (Wildman–Crippen MR) is 66.5 cm³/mol. The van der Waals surface area contributed by atoms with Crippen molar-refractivity contribution in [2.24, 2.45) is 5.92 Å². The normalized spacial score (nSPS) is 21.9. The lowest BCUT2D eigenvalue weighted by atomic mass is 9.93. The highest BCUT2D eigenvalue weighted by Gasteiger charge is 2.17. The Kier molecular flexibility index (Phi) is 7.01. The molecule has 1 aliphatic heterocycles. The van der Waals surface area contributed by atoms with E-state index in [1.54, 1.807) is 0 Å². The van der Waals surface area contributed by atoms with Crippen LogP contribution in [0.2, 0.25) is 0 Å². The van der Waals surface area contributed by atoms with Crippen LogP contribution in [0.4, 0.5) is 0 Å². The Morgan fingerprint density at radius 2 is 1.94 bits per heavy atom. The van der Waals surface area contributed by atoms with Gasteiger partial charge in [-0.15, -0.1) is 0 Å². The number of ether oxygens (including phenoxy) is 1. The molecule has 96 valence electrons. The summed E-state index contributed by atoms with van der Waals surface area (Å²) in [4.78, 5) is 0. The van der Waals surface area contributed by atoms with Gasteiger partial charge in [0.05, 0.1) is 0 Å². The van der Waals surface area contributed by atoms with Crippen LogP contribution in [-0.2, 0) is 4.74 Å². The molecule has 2 N–H and O–H groups in total. The Labute approximate surface area is 99.6 Å². The van der Waals surface area contributed by atoms with Gasteiger partial charge in [-0.2, -0.15) is 0 Å². The minimum Gasteiger partial charge on any atom is -0.396 e. The molecule has 1 aliphatic rings. The van der Waals surface area contributed by atoms with Crippen LogP contribution < -0.4 is 5.32 Å². The zero-order chi connectivity index (χ0) is 11.8. The summed E-state index contributed by atoms with van der Waals surface area (Å²) in [7, 11) is 0. The van der Waals surface area contributed by atoms with Gasteiger partial charge in [-0.25, -0.2) is 0 Å². The molecule has 1 rings (SSSR count). The van der Waals surface area contributed by atoms with Gasteiger partial charge in [-0.3, -0.25) is 0 Å². The van der Waals surface area contributed by atoms with Crippen LogP contribution in [0.1, 0.15) is 46.0 Å². The number of aliphatic hydroxyl groups excluding tert-OH is 1. The Balaban J connectivity index is 2.11. The molecule has 0 aromatic carbocycles. The van der Waals surface area contributed by atoms with Crippen LogP contribution >= 0.6 is 0 Å². The van der Waals surface area contributed by atoms with Gasteiger partial charge in [0.2, 0.25) is 0 Å². The molecule has 3 heteroatoms. The Hall–Kier alpha value is -0.120. The second kappa shape index (κ2) is 8.04. The molecule has 0 aliphatic carbocycles. The van der Waals surface area contributed by atoms with E-state index in [1.165, 1.54) is 19.3 Å². The second-order valence-corrected chi connectivity index (χ2v) is 5.13. The molecular weight excluding hydrogens is 202 g/mol. The van der Waals surface area contributed by atoms with E-state index in [0.29, 0.717) is 18.7 Å². The fourth-order valence-electron chi connectivity index (χ4n) is 2.52. The van der Waals surface area contributed by atoms with Gasteiger partial charge in [0.25, 0.3) is 0 Å². The predicted octanol–water partition coefficient (Wildman–Crippen LogP) is 1.94. The third kappa shape index (κ3) is 5.83.